The van der Waals surface area contributed by atoms with Crippen molar-refractivity contribution in [2.75, 3.05) is 19.7 Å². The second-order valence-electron chi connectivity index (χ2n) is 5.61. The first kappa shape index (κ1) is 16.9. The van der Waals surface area contributed by atoms with Crippen LogP contribution in [0.4, 0.5) is 4.79 Å². The summed E-state index contributed by atoms with van der Waals surface area (Å²) in [5.74, 6) is 1.10. The Morgan fingerprint density at radius 1 is 1.04 bits per heavy atom. The van der Waals surface area contributed by atoms with Crippen molar-refractivity contribution in [1.82, 2.24) is 10.6 Å². The van der Waals surface area contributed by atoms with E-state index in [1.54, 1.807) is 0 Å². The monoisotopic (exact) mass is 312 g/mol. The van der Waals surface area contributed by atoms with Gasteiger partial charge in [0.25, 0.3) is 0 Å². The summed E-state index contributed by atoms with van der Waals surface area (Å²) in [5.41, 5.74) is 2.41. The number of hydrogen-bond donors (Lipinski definition) is 2. The van der Waals surface area contributed by atoms with Crippen LogP contribution in [-0.2, 0) is 0 Å². The summed E-state index contributed by atoms with van der Waals surface area (Å²) >= 11 is 0. The quantitative estimate of drug-likeness (QED) is 0.769. The standard InChI is InChI=1S/C19H24N2O2/c1-15-8-10-18(11-9-15)23-13-12-20-19(22)21-14-16(2)17-6-4-3-5-7-17/h3-11,16H,12-14H2,1-2H3,(H2,20,21,22). The molecule has 0 aliphatic heterocycles. The number of aryl methyl sites for hydroxylation is 1. The van der Waals surface area contributed by atoms with E-state index in [0.717, 1.165) is 5.75 Å². The Hall–Kier alpha value is -2.49. The van der Waals surface area contributed by atoms with Gasteiger partial charge in [-0.25, -0.2) is 4.79 Å². The second-order valence-corrected chi connectivity index (χ2v) is 5.61. The molecule has 0 radical (unpaired) electrons. The van der Waals surface area contributed by atoms with Crippen molar-refractivity contribution in [3.63, 3.8) is 0 Å². The van der Waals surface area contributed by atoms with Crippen LogP contribution in [0.1, 0.15) is 24.0 Å². The van der Waals surface area contributed by atoms with Crippen molar-refractivity contribution in [3.05, 3.63) is 65.7 Å². The third-order valence-electron chi connectivity index (χ3n) is 3.61. The van der Waals surface area contributed by atoms with Crippen LogP contribution >= 0.6 is 0 Å². The van der Waals surface area contributed by atoms with Crippen molar-refractivity contribution in [1.29, 1.82) is 0 Å². The van der Waals surface area contributed by atoms with Gasteiger partial charge >= 0.3 is 6.03 Å². The lowest BCUT2D eigenvalue weighted by Gasteiger charge is -2.14. The van der Waals surface area contributed by atoms with Crippen molar-refractivity contribution >= 4 is 6.03 Å². The van der Waals surface area contributed by atoms with Gasteiger partial charge in [0, 0.05) is 6.54 Å². The summed E-state index contributed by atoms with van der Waals surface area (Å²) in [6.07, 6.45) is 0. The van der Waals surface area contributed by atoms with Crippen LogP contribution in [0, 0.1) is 6.92 Å². The molecule has 0 aliphatic carbocycles. The molecule has 0 heterocycles. The highest BCUT2D eigenvalue weighted by Crippen LogP contribution is 2.13. The lowest BCUT2D eigenvalue weighted by molar-refractivity contribution is 0.236. The number of ether oxygens (including phenoxy) is 1. The van der Waals surface area contributed by atoms with Gasteiger partial charge in [0.2, 0.25) is 0 Å². The lowest BCUT2D eigenvalue weighted by Crippen LogP contribution is -2.39. The van der Waals surface area contributed by atoms with Crippen molar-refractivity contribution in [2.45, 2.75) is 19.8 Å². The van der Waals surface area contributed by atoms with Gasteiger partial charge in [0.15, 0.2) is 0 Å². The minimum atomic E-state index is -0.166. The molecule has 0 aliphatic rings. The second kappa shape index (κ2) is 8.83. The van der Waals surface area contributed by atoms with Crippen LogP contribution in [0.5, 0.6) is 5.75 Å². The molecule has 2 N–H and O–H groups in total. The van der Waals surface area contributed by atoms with E-state index in [9.17, 15) is 4.79 Å². The number of nitrogens with one attached hydrogen (secondary N) is 2. The number of amides is 2. The maximum Gasteiger partial charge on any atom is 0.314 e. The van der Waals surface area contributed by atoms with Gasteiger partial charge in [-0.2, -0.15) is 0 Å². The van der Waals surface area contributed by atoms with Crippen LogP contribution in [0.3, 0.4) is 0 Å². The van der Waals surface area contributed by atoms with E-state index in [1.807, 2.05) is 49.4 Å². The smallest absolute Gasteiger partial charge is 0.314 e. The fourth-order valence-corrected chi connectivity index (χ4v) is 2.18. The van der Waals surface area contributed by atoms with Gasteiger partial charge in [-0.1, -0.05) is 55.0 Å². The Balaban J connectivity index is 1.61. The molecule has 0 aromatic heterocycles. The molecule has 0 fully saturated rings. The Morgan fingerprint density at radius 3 is 2.43 bits per heavy atom. The molecule has 0 bridgehead atoms. The highest BCUT2D eigenvalue weighted by Gasteiger charge is 2.06. The lowest BCUT2D eigenvalue weighted by atomic mass is 10.0. The summed E-state index contributed by atoms with van der Waals surface area (Å²) in [5, 5.41) is 5.68. The van der Waals surface area contributed by atoms with Gasteiger partial charge in [0.1, 0.15) is 12.4 Å². The van der Waals surface area contributed by atoms with Gasteiger partial charge in [0.05, 0.1) is 6.54 Å². The molecular formula is C19H24N2O2. The zero-order chi connectivity index (χ0) is 16.5. The average Bonchev–Trinajstić information content (AvgIpc) is 2.59. The maximum atomic E-state index is 11.8. The van der Waals surface area contributed by atoms with Crippen LogP contribution in [0.2, 0.25) is 0 Å². The number of benzene rings is 2. The van der Waals surface area contributed by atoms with E-state index in [-0.39, 0.29) is 11.9 Å². The molecule has 1 unspecified atom stereocenters. The Kier molecular flexibility index (Phi) is 6.48. The van der Waals surface area contributed by atoms with Crippen LogP contribution < -0.4 is 15.4 Å². The molecule has 0 saturated carbocycles. The van der Waals surface area contributed by atoms with Gasteiger partial charge in [-0.15, -0.1) is 0 Å². The number of urea groups is 1. The van der Waals surface area contributed by atoms with Crippen LogP contribution in [0.15, 0.2) is 54.6 Å². The molecule has 0 saturated heterocycles. The summed E-state index contributed by atoms with van der Waals surface area (Å²) in [6.45, 7) is 5.65. The zero-order valence-electron chi connectivity index (χ0n) is 13.7. The van der Waals surface area contributed by atoms with Gasteiger partial charge < -0.3 is 15.4 Å². The molecule has 4 nitrogen and oxygen atoms in total. The predicted octanol–water partition coefficient (Wildman–Crippen LogP) is 3.48. The van der Waals surface area contributed by atoms with Crippen LogP contribution in [-0.4, -0.2) is 25.7 Å². The Labute approximate surface area is 137 Å². The predicted molar refractivity (Wildman–Crippen MR) is 92.9 cm³/mol. The normalized spacial score (nSPS) is 11.6. The average molecular weight is 312 g/mol. The fraction of sp³-hybridized carbons (Fsp3) is 0.316. The van der Waals surface area contributed by atoms with E-state index in [0.29, 0.717) is 19.7 Å². The third-order valence-corrected chi connectivity index (χ3v) is 3.61. The van der Waals surface area contributed by atoms with Gasteiger partial charge in [-0.3, -0.25) is 0 Å². The topological polar surface area (TPSA) is 50.4 Å². The van der Waals surface area contributed by atoms with Crippen molar-refractivity contribution in [3.8, 4) is 5.75 Å². The number of carbonyl (C=O) groups is 1. The Bertz CT molecular complexity index is 597. The van der Waals surface area contributed by atoms with Gasteiger partial charge in [-0.05, 0) is 30.5 Å². The fourth-order valence-electron chi connectivity index (χ4n) is 2.18. The summed E-state index contributed by atoms with van der Waals surface area (Å²) < 4.78 is 5.56. The molecule has 0 spiro atoms. The minimum absolute atomic E-state index is 0.166. The zero-order valence-corrected chi connectivity index (χ0v) is 13.7. The molecule has 122 valence electrons. The van der Waals surface area contributed by atoms with E-state index in [4.69, 9.17) is 4.74 Å². The van der Waals surface area contributed by atoms with E-state index < -0.39 is 0 Å². The van der Waals surface area contributed by atoms with Crippen molar-refractivity contribution < 1.29 is 9.53 Å². The first-order chi connectivity index (χ1) is 11.1. The van der Waals surface area contributed by atoms with Crippen LogP contribution in [0.25, 0.3) is 0 Å². The first-order valence-electron chi connectivity index (χ1n) is 7.91. The largest absolute Gasteiger partial charge is 0.492 e. The molecule has 2 aromatic carbocycles. The summed E-state index contributed by atoms with van der Waals surface area (Å²) in [6, 6.07) is 17.8. The van der Waals surface area contributed by atoms with E-state index in [2.05, 4.69) is 29.7 Å². The number of carbonyl (C=O) groups excluding carboxylic acids is 1. The maximum absolute atomic E-state index is 11.8. The molecule has 23 heavy (non-hydrogen) atoms. The van der Waals surface area contributed by atoms with E-state index in [1.165, 1.54) is 11.1 Å². The molecule has 2 amide bonds. The molecule has 2 aromatic rings. The number of rotatable bonds is 7. The summed E-state index contributed by atoms with van der Waals surface area (Å²) in [7, 11) is 0. The molecular weight excluding hydrogens is 288 g/mol. The Morgan fingerprint density at radius 2 is 1.74 bits per heavy atom. The molecule has 4 heteroatoms. The first-order valence-corrected chi connectivity index (χ1v) is 7.91. The highest BCUT2D eigenvalue weighted by molar-refractivity contribution is 5.73. The number of hydrogen-bond acceptors (Lipinski definition) is 2. The minimum Gasteiger partial charge on any atom is -0.492 e. The highest BCUT2D eigenvalue weighted by atomic mass is 16.5. The molecule has 1 atom stereocenters. The van der Waals surface area contributed by atoms with Crippen molar-refractivity contribution in [2.24, 2.45) is 0 Å². The molecule has 2 rings (SSSR count). The summed E-state index contributed by atoms with van der Waals surface area (Å²) in [4.78, 5) is 11.8. The van der Waals surface area contributed by atoms with E-state index >= 15 is 0 Å². The SMILES string of the molecule is Cc1ccc(OCCNC(=O)NCC(C)c2ccccc2)cc1. The third kappa shape index (κ3) is 6.02.